The molecule has 0 saturated heterocycles. The number of rotatable bonds is 5. The first-order valence-electron chi connectivity index (χ1n) is 3.78. The largest absolute Gasteiger partial charge is 0.347 e. The van der Waals surface area contributed by atoms with Crippen molar-refractivity contribution in [2.75, 3.05) is 0 Å². The lowest BCUT2D eigenvalue weighted by Gasteiger charge is -2.08. The fraction of sp³-hybridized carbons (Fsp3) is 0.625. The molecule has 0 aromatic rings. The molecule has 0 aliphatic rings. The van der Waals surface area contributed by atoms with Crippen LogP contribution in [-0.4, -0.2) is 24.0 Å². The van der Waals surface area contributed by atoms with Gasteiger partial charge >= 0.3 is 0 Å². The molecule has 4 heteroatoms. The summed E-state index contributed by atoms with van der Waals surface area (Å²) in [4.78, 5) is 31.4. The van der Waals surface area contributed by atoms with Gasteiger partial charge in [-0.25, -0.2) is 0 Å². The Bertz CT molecular complexity index is 189. The lowest BCUT2D eigenvalue weighted by atomic mass is 10.1. The molecule has 0 aliphatic carbocycles. The van der Waals surface area contributed by atoms with E-state index in [9.17, 15) is 14.4 Å². The molecule has 0 fully saturated rings. The number of carbonyl (C=O) groups is 3. The summed E-state index contributed by atoms with van der Waals surface area (Å²) in [6.07, 6.45) is 1.35. The molecule has 4 nitrogen and oxygen atoms in total. The van der Waals surface area contributed by atoms with E-state index in [1.165, 1.54) is 13.8 Å². The molecule has 0 aromatic heterocycles. The summed E-state index contributed by atoms with van der Waals surface area (Å²) in [6.45, 7) is 2.79. The third-order valence-electron chi connectivity index (χ3n) is 1.36. The van der Waals surface area contributed by atoms with Crippen molar-refractivity contribution in [3.8, 4) is 0 Å². The molecular weight excluding hydrogens is 158 g/mol. The quantitative estimate of drug-likeness (QED) is 0.595. The molecule has 0 aliphatic heterocycles. The van der Waals surface area contributed by atoms with Gasteiger partial charge in [-0.05, 0) is 13.3 Å². The van der Waals surface area contributed by atoms with Gasteiger partial charge in [0.1, 0.15) is 12.1 Å². The number of ketones is 1. The summed E-state index contributed by atoms with van der Waals surface area (Å²) in [5, 5.41) is 2.43. The Balaban J connectivity index is 3.75. The van der Waals surface area contributed by atoms with Crippen LogP contribution in [0.2, 0.25) is 0 Å². The van der Waals surface area contributed by atoms with Crippen LogP contribution in [0.25, 0.3) is 0 Å². The van der Waals surface area contributed by atoms with E-state index >= 15 is 0 Å². The number of hydrogen-bond donors (Lipinski definition) is 1. The zero-order valence-corrected chi connectivity index (χ0v) is 7.29. The predicted molar refractivity (Wildman–Crippen MR) is 43.6 cm³/mol. The summed E-state index contributed by atoms with van der Waals surface area (Å²) >= 11 is 0. The van der Waals surface area contributed by atoms with Crippen LogP contribution in [0.1, 0.15) is 26.7 Å². The van der Waals surface area contributed by atoms with Gasteiger partial charge in [-0.1, -0.05) is 0 Å². The third-order valence-corrected chi connectivity index (χ3v) is 1.36. The monoisotopic (exact) mass is 171 g/mol. The normalized spacial score (nSPS) is 11.8. The minimum absolute atomic E-state index is 0.0206. The maximum absolute atomic E-state index is 10.5. The fourth-order valence-electron chi connectivity index (χ4n) is 0.794. The Morgan fingerprint density at radius 1 is 1.42 bits per heavy atom. The molecule has 0 heterocycles. The maximum atomic E-state index is 10.5. The standard InChI is InChI=1S/C8H13NO3/c1-6(11)3-4-8(5-10)9-7(2)12/h5,8H,3-4H2,1-2H3,(H,9,12). The van der Waals surface area contributed by atoms with Crippen molar-refractivity contribution in [1.29, 1.82) is 0 Å². The van der Waals surface area contributed by atoms with Crippen molar-refractivity contribution >= 4 is 18.0 Å². The number of carbonyl (C=O) groups excluding carboxylic acids is 3. The first kappa shape index (κ1) is 10.8. The molecule has 0 bridgehead atoms. The second-order valence-electron chi connectivity index (χ2n) is 2.68. The zero-order chi connectivity index (χ0) is 9.56. The van der Waals surface area contributed by atoms with Gasteiger partial charge < -0.3 is 14.9 Å². The van der Waals surface area contributed by atoms with Crippen LogP contribution in [-0.2, 0) is 14.4 Å². The number of Topliss-reactive ketones (excluding diaryl/α,β-unsaturated/α-hetero) is 1. The molecule has 1 atom stereocenters. The van der Waals surface area contributed by atoms with Crippen LogP contribution in [0, 0.1) is 0 Å². The van der Waals surface area contributed by atoms with Crippen molar-refractivity contribution in [2.45, 2.75) is 32.7 Å². The molecule has 12 heavy (non-hydrogen) atoms. The molecule has 0 aromatic carbocycles. The van der Waals surface area contributed by atoms with E-state index in [-0.39, 0.29) is 11.7 Å². The Hall–Kier alpha value is -1.19. The van der Waals surface area contributed by atoms with Crippen LogP contribution >= 0.6 is 0 Å². The van der Waals surface area contributed by atoms with Gasteiger partial charge in [0, 0.05) is 13.3 Å². The van der Waals surface area contributed by atoms with E-state index in [0.717, 1.165) is 0 Å². The highest BCUT2D eigenvalue weighted by Crippen LogP contribution is 1.95. The van der Waals surface area contributed by atoms with E-state index in [0.29, 0.717) is 19.1 Å². The molecule has 1 amide bonds. The Morgan fingerprint density at radius 3 is 2.33 bits per heavy atom. The molecule has 1 unspecified atom stereocenters. The number of aldehydes is 1. The van der Waals surface area contributed by atoms with E-state index in [1.807, 2.05) is 0 Å². The van der Waals surface area contributed by atoms with Gasteiger partial charge in [0.2, 0.25) is 5.91 Å². The molecule has 0 spiro atoms. The minimum atomic E-state index is -0.522. The van der Waals surface area contributed by atoms with E-state index in [2.05, 4.69) is 5.32 Å². The zero-order valence-electron chi connectivity index (χ0n) is 7.29. The second-order valence-corrected chi connectivity index (χ2v) is 2.68. The van der Waals surface area contributed by atoms with Crippen molar-refractivity contribution in [3.63, 3.8) is 0 Å². The highest BCUT2D eigenvalue weighted by molar-refractivity contribution is 5.79. The van der Waals surface area contributed by atoms with E-state index in [1.54, 1.807) is 0 Å². The van der Waals surface area contributed by atoms with Crippen molar-refractivity contribution in [3.05, 3.63) is 0 Å². The molecule has 1 N–H and O–H groups in total. The van der Waals surface area contributed by atoms with Gasteiger partial charge in [-0.15, -0.1) is 0 Å². The van der Waals surface area contributed by atoms with Crippen molar-refractivity contribution in [1.82, 2.24) is 5.32 Å². The van der Waals surface area contributed by atoms with Crippen LogP contribution in [0.5, 0.6) is 0 Å². The van der Waals surface area contributed by atoms with E-state index in [4.69, 9.17) is 0 Å². The number of nitrogens with one attached hydrogen (secondary N) is 1. The van der Waals surface area contributed by atoms with Gasteiger partial charge in [0.15, 0.2) is 0 Å². The average molecular weight is 171 g/mol. The summed E-state index contributed by atoms with van der Waals surface area (Å²) in [5.74, 6) is -0.233. The van der Waals surface area contributed by atoms with Gasteiger partial charge in [-0.2, -0.15) is 0 Å². The first-order chi connectivity index (χ1) is 5.56. The van der Waals surface area contributed by atoms with Crippen LogP contribution in [0.4, 0.5) is 0 Å². The summed E-state index contributed by atoms with van der Waals surface area (Å²) in [6, 6.07) is -0.522. The van der Waals surface area contributed by atoms with Crippen LogP contribution in [0.3, 0.4) is 0 Å². The average Bonchev–Trinajstić information content (AvgIpc) is 1.97. The molecule has 0 rings (SSSR count). The lowest BCUT2D eigenvalue weighted by molar-refractivity contribution is -0.123. The maximum Gasteiger partial charge on any atom is 0.217 e. The number of hydrogen-bond acceptors (Lipinski definition) is 3. The first-order valence-corrected chi connectivity index (χ1v) is 3.78. The van der Waals surface area contributed by atoms with Gasteiger partial charge in [-0.3, -0.25) is 4.79 Å². The topological polar surface area (TPSA) is 63.2 Å². The summed E-state index contributed by atoms with van der Waals surface area (Å²) < 4.78 is 0. The van der Waals surface area contributed by atoms with Gasteiger partial charge in [0.05, 0.1) is 6.04 Å². The van der Waals surface area contributed by atoms with Crippen molar-refractivity contribution in [2.24, 2.45) is 0 Å². The minimum Gasteiger partial charge on any atom is -0.347 e. The second kappa shape index (κ2) is 5.46. The van der Waals surface area contributed by atoms with Crippen LogP contribution in [0.15, 0.2) is 0 Å². The molecular formula is C8H13NO3. The van der Waals surface area contributed by atoms with Crippen molar-refractivity contribution < 1.29 is 14.4 Å². The van der Waals surface area contributed by atoms with Crippen LogP contribution < -0.4 is 5.32 Å². The molecule has 68 valence electrons. The number of amides is 1. The third kappa shape index (κ3) is 5.58. The summed E-state index contributed by atoms with van der Waals surface area (Å²) in [7, 11) is 0. The molecule has 0 saturated carbocycles. The lowest BCUT2D eigenvalue weighted by Crippen LogP contribution is -2.34. The smallest absolute Gasteiger partial charge is 0.217 e. The highest BCUT2D eigenvalue weighted by Gasteiger charge is 2.08. The Morgan fingerprint density at radius 2 is 2.00 bits per heavy atom. The Labute approximate surface area is 71.3 Å². The summed E-state index contributed by atoms with van der Waals surface area (Å²) in [5.41, 5.74) is 0. The fourth-order valence-corrected chi connectivity index (χ4v) is 0.794. The van der Waals surface area contributed by atoms with E-state index < -0.39 is 6.04 Å². The molecule has 0 radical (unpaired) electrons. The highest BCUT2D eigenvalue weighted by atomic mass is 16.2. The Kier molecular flexibility index (Phi) is 4.92. The SMILES string of the molecule is CC(=O)CCC(C=O)NC(C)=O. The van der Waals surface area contributed by atoms with Gasteiger partial charge in [0.25, 0.3) is 0 Å². The predicted octanol–water partition coefficient (Wildman–Crippen LogP) is 0.0592.